The molecule has 2 fully saturated rings. The SMILES string of the molecule is O=C(COc1ccc(F)cc1F)N1CCCOC(CN2CCCC2)C1. The monoisotopic (exact) mass is 354 g/mol. The number of halogens is 2. The molecule has 0 aliphatic carbocycles. The van der Waals surface area contributed by atoms with Crippen LogP contribution in [0.15, 0.2) is 18.2 Å². The first-order valence-corrected chi connectivity index (χ1v) is 8.81. The smallest absolute Gasteiger partial charge is 0.260 e. The van der Waals surface area contributed by atoms with E-state index >= 15 is 0 Å². The van der Waals surface area contributed by atoms with Crippen LogP contribution in [0.25, 0.3) is 0 Å². The van der Waals surface area contributed by atoms with Crippen LogP contribution in [0.4, 0.5) is 8.78 Å². The number of benzene rings is 1. The Balaban J connectivity index is 1.52. The molecule has 2 heterocycles. The zero-order valence-corrected chi connectivity index (χ0v) is 14.3. The number of ether oxygens (including phenoxy) is 2. The summed E-state index contributed by atoms with van der Waals surface area (Å²) in [5.74, 6) is -1.81. The minimum Gasteiger partial charge on any atom is -0.481 e. The topological polar surface area (TPSA) is 42.0 Å². The van der Waals surface area contributed by atoms with Crippen molar-refractivity contribution in [2.24, 2.45) is 0 Å². The molecule has 25 heavy (non-hydrogen) atoms. The van der Waals surface area contributed by atoms with Gasteiger partial charge in [-0.3, -0.25) is 4.79 Å². The second-order valence-electron chi connectivity index (χ2n) is 6.56. The molecule has 0 spiro atoms. The van der Waals surface area contributed by atoms with E-state index in [1.165, 1.54) is 18.9 Å². The third-order valence-electron chi connectivity index (χ3n) is 4.61. The molecule has 1 amide bonds. The van der Waals surface area contributed by atoms with Crippen molar-refractivity contribution in [2.75, 3.05) is 45.9 Å². The Morgan fingerprint density at radius 1 is 1.20 bits per heavy atom. The number of nitrogens with zero attached hydrogens (tertiary/aromatic N) is 2. The fourth-order valence-corrected chi connectivity index (χ4v) is 3.31. The molecular formula is C18H24F2N2O3. The maximum Gasteiger partial charge on any atom is 0.260 e. The summed E-state index contributed by atoms with van der Waals surface area (Å²) in [6, 6.07) is 3.04. The Morgan fingerprint density at radius 2 is 2.00 bits per heavy atom. The summed E-state index contributed by atoms with van der Waals surface area (Å²) < 4.78 is 37.6. The van der Waals surface area contributed by atoms with Crippen molar-refractivity contribution < 1.29 is 23.0 Å². The molecule has 7 heteroatoms. The van der Waals surface area contributed by atoms with Crippen LogP contribution in [-0.4, -0.2) is 67.7 Å². The summed E-state index contributed by atoms with van der Waals surface area (Å²) in [6.45, 7) is 4.49. The van der Waals surface area contributed by atoms with Gasteiger partial charge in [-0.1, -0.05) is 0 Å². The van der Waals surface area contributed by atoms with Gasteiger partial charge in [-0.05, 0) is 44.5 Å². The highest BCUT2D eigenvalue weighted by Gasteiger charge is 2.25. The number of amides is 1. The van der Waals surface area contributed by atoms with Crippen molar-refractivity contribution in [2.45, 2.75) is 25.4 Å². The van der Waals surface area contributed by atoms with Crippen LogP contribution >= 0.6 is 0 Å². The van der Waals surface area contributed by atoms with Gasteiger partial charge in [0, 0.05) is 32.3 Å². The first-order chi connectivity index (χ1) is 12.1. The van der Waals surface area contributed by atoms with Crippen molar-refractivity contribution in [1.82, 2.24) is 9.80 Å². The van der Waals surface area contributed by atoms with Gasteiger partial charge in [0.2, 0.25) is 0 Å². The zero-order chi connectivity index (χ0) is 17.6. The van der Waals surface area contributed by atoms with Gasteiger partial charge in [0.15, 0.2) is 18.2 Å². The molecule has 138 valence electrons. The Kier molecular flexibility index (Phi) is 6.20. The van der Waals surface area contributed by atoms with E-state index in [-0.39, 0.29) is 24.4 Å². The highest BCUT2D eigenvalue weighted by Crippen LogP contribution is 2.18. The standard InChI is InChI=1S/C18H24F2N2O3/c19-14-4-5-17(16(20)10-14)25-13-18(23)22-8-3-9-24-15(12-22)11-21-6-1-2-7-21/h4-5,10,15H,1-3,6-9,11-13H2. The molecule has 1 aromatic carbocycles. The summed E-state index contributed by atoms with van der Waals surface area (Å²) in [6.07, 6.45) is 3.19. The quantitative estimate of drug-likeness (QED) is 0.812. The van der Waals surface area contributed by atoms with Gasteiger partial charge in [0.05, 0.1) is 6.10 Å². The summed E-state index contributed by atoms with van der Waals surface area (Å²) in [7, 11) is 0. The van der Waals surface area contributed by atoms with E-state index in [1.807, 2.05) is 0 Å². The van der Waals surface area contributed by atoms with Crippen molar-refractivity contribution in [1.29, 1.82) is 0 Å². The molecule has 0 saturated carbocycles. The summed E-state index contributed by atoms with van der Waals surface area (Å²) in [5, 5.41) is 0. The van der Waals surface area contributed by atoms with E-state index in [1.54, 1.807) is 4.90 Å². The Labute approximate surface area is 146 Å². The van der Waals surface area contributed by atoms with Gasteiger partial charge >= 0.3 is 0 Å². The lowest BCUT2D eigenvalue weighted by molar-refractivity contribution is -0.134. The molecule has 2 aliphatic heterocycles. The molecule has 2 saturated heterocycles. The third kappa shape index (κ3) is 5.12. The maximum atomic E-state index is 13.6. The highest BCUT2D eigenvalue weighted by molar-refractivity contribution is 5.77. The van der Waals surface area contributed by atoms with Crippen LogP contribution in [0.1, 0.15) is 19.3 Å². The van der Waals surface area contributed by atoms with E-state index < -0.39 is 11.6 Å². The fraction of sp³-hybridized carbons (Fsp3) is 0.611. The summed E-state index contributed by atoms with van der Waals surface area (Å²) in [5.41, 5.74) is 0. The van der Waals surface area contributed by atoms with Crippen LogP contribution in [0, 0.1) is 11.6 Å². The van der Waals surface area contributed by atoms with Crippen LogP contribution in [0.5, 0.6) is 5.75 Å². The molecule has 0 aromatic heterocycles. The van der Waals surface area contributed by atoms with E-state index in [0.717, 1.165) is 38.2 Å². The van der Waals surface area contributed by atoms with Crippen molar-refractivity contribution in [3.63, 3.8) is 0 Å². The van der Waals surface area contributed by atoms with E-state index in [2.05, 4.69) is 4.90 Å². The summed E-state index contributed by atoms with van der Waals surface area (Å²) in [4.78, 5) is 16.5. The second-order valence-corrected chi connectivity index (χ2v) is 6.56. The third-order valence-corrected chi connectivity index (χ3v) is 4.61. The zero-order valence-electron chi connectivity index (χ0n) is 14.3. The van der Waals surface area contributed by atoms with Gasteiger partial charge in [-0.15, -0.1) is 0 Å². The minimum absolute atomic E-state index is 0.00731. The van der Waals surface area contributed by atoms with Crippen molar-refractivity contribution >= 4 is 5.91 Å². The van der Waals surface area contributed by atoms with Crippen molar-refractivity contribution in [3.05, 3.63) is 29.8 Å². The Bertz CT molecular complexity index is 594. The molecule has 1 aromatic rings. The van der Waals surface area contributed by atoms with Gasteiger partial charge in [-0.2, -0.15) is 0 Å². The molecule has 2 aliphatic rings. The van der Waals surface area contributed by atoms with E-state index in [0.29, 0.717) is 19.7 Å². The van der Waals surface area contributed by atoms with Crippen LogP contribution < -0.4 is 4.74 Å². The minimum atomic E-state index is -0.807. The number of hydrogen-bond donors (Lipinski definition) is 0. The average Bonchev–Trinajstić information content (AvgIpc) is 2.98. The first kappa shape index (κ1) is 18.1. The Morgan fingerprint density at radius 3 is 2.76 bits per heavy atom. The van der Waals surface area contributed by atoms with Gasteiger partial charge in [0.1, 0.15) is 5.82 Å². The molecular weight excluding hydrogens is 330 g/mol. The van der Waals surface area contributed by atoms with E-state index in [4.69, 9.17) is 9.47 Å². The largest absolute Gasteiger partial charge is 0.481 e. The van der Waals surface area contributed by atoms with Gasteiger partial charge in [-0.25, -0.2) is 8.78 Å². The number of carbonyl (C=O) groups excluding carboxylic acids is 1. The predicted molar refractivity (Wildman–Crippen MR) is 88.5 cm³/mol. The second kappa shape index (κ2) is 8.58. The highest BCUT2D eigenvalue weighted by atomic mass is 19.1. The maximum absolute atomic E-state index is 13.6. The van der Waals surface area contributed by atoms with Gasteiger partial charge in [0.25, 0.3) is 5.91 Å². The molecule has 0 bridgehead atoms. The van der Waals surface area contributed by atoms with Gasteiger partial charge < -0.3 is 19.3 Å². The lowest BCUT2D eigenvalue weighted by atomic mass is 10.3. The normalized spacial score (nSPS) is 22.0. The predicted octanol–water partition coefficient (Wildman–Crippen LogP) is 2.06. The molecule has 1 unspecified atom stereocenters. The molecule has 3 rings (SSSR count). The first-order valence-electron chi connectivity index (χ1n) is 8.81. The Hall–Kier alpha value is -1.73. The molecule has 0 N–H and O–H groups in total. The van der Waals surface area contributed by atoms with Crippen LogP contribution in [-0.2, 0) is 9.53 Å². The lowest BCUT2D eigenvalue weighted by Gasteiger charge is -2.27. The summed E-state index contributed by atoms with van der Waals surface area (Å²) >= 11 is 0. The van der Waals surface area contributed by atoms with E-state index in [9.17, 15) is 13.6 Å². The average molecular weight is 354 g/mol. The molecule has 1 atom stereocenters. The number of rotatable bonds is 5. The fourth-order valence-electron chi connectivity index (χ4n) is 3.31. The molecule has 0 radical (unpaired) electrons. The lowest BCUT2D eigenvalue weighted by Crippen LogP contribution is -2.43. The number of hydrogen-bond acceptors (Lipinski definition) is 4. The molecule has 5 nitrogen and oxygen atoms in total. The number of carbonyl (C=O) groups is 1. The number of likely N-dealkylation sites (tertiary alicyclic amines) is 1. The van der Waals surface area contributed by atoms with Crippen LogP contribution in [0.2, 0.25) is 0 Å². The van der Waals surface area contributed by atoms with Crippen LogP contribution in [0.3, 0.4) is 0 Å². The van der Waals surface area contributed by atoms with Crippen molar-refractivity contribution in [3.8, 4) is 5.75 Å².